The molecule has 1 aliphatic heterocycles. The number of carbonyl (C=O) groups excluding carboxylic acids is 1. The topological polar surface area (TPSA) is 87.1 Å². The number of rotatable bonds is 4. The first-order valence-electron chi connectivity index (χ1n) is 5.78. The summed E-state index contributed by atoms with van der Waals surface area (Å²) < 4.78 is 5.20. The van der Waals surface area contributed by atoms with Crippen LogP contribution in [-0.2, 0) is 16.1 Å². The van der Waals surface area contributed by atoms with Gasteiger partial charge in [-0.05, 0) is 17.5 Å². The highest BCUT2D eigenvalue weighted by Crippen LogP contribution is 2.12. The summed E-state index contributed by atoms with van der Waals surface area (Å²) in [6.07, 6.45) is 0.498. The van der Waals surface area contributed by atoms with Crippen LogP contribution < -0.4 is 5.32 Å². The molecule has 6 heteroatoms. The third-order valence-electron chi connectivity index (χ3n) is 2.83. The van der Waals surface area contributed by atoms with E-state index in [0.29, 0.717) is 13.0 Å². The zero-order valence-electron chi connectivity index (χ0n) is 9.82. The van der Waals surface area contributed by atoms with Crippen molar-refractivity contribution in [3.63, 3.8) is 0 Å². The molecule has 6 nitrogen and oxygen atoms in total. The third kappa shape index (κ3) is 3.23. The van der Waals surface area contributed by atoms with Crippen LogP contribution >= 0.6 is 0 Å². The number of nitrogens with one attached hydrogen (secondary N) is 1. The molecule has 1 N–H and O–H groups in total. The van der Waals surface area contributed by atoms with Gasteiger partial charge in [0, 0.05) is 11.5 Å². The number of azide groups is 1. The molecule has 0 aromatic heterocycles. The molecule has 0 aliphatic carbocycles. The highest BCUT2D eigenvalue weighted by Gasteiger charge is 2.29. The van der Waals surface area contributed by atoms with Crippen LogP contribution in [0.5, 0.6) is 0 Å². The molecular weight excluding hydrogens is 232 g/mol. The Morgan fingerprint density at radius 2 is 2.28 bits per heavy atom. The van der Waals surface area contributed by atoms with Gasteiger partial charge in [-0.1, -0.05) is 35.4 Å². The van der Waals surface area contributed by atoms with Crippen LogP contribution in [0.3, 0.4) is 0 Å². The summed E-state index contributed by atoms with van der Waals surface area (Å²) in [6, 6.07) is 8.97. The Bertz CT molecular complexity index is 456. The minimum atomic E-state index is -0.371. The van der Waals surface area contributed by atoms with Crippen LogP contribution in [-0.4, -0.2) is 24.6 Å². The standard InChI is InChI=1S/C12H14N4O2/c13-16-15-10-6-11(14-7-10)12(17)18-8-9-4-2-1-3-5-9/h1-5,10-11,14H,6-8H2/t10-,11-/m0/s1. The van der Waals surface area contributed by atoms with Crippen molar-refractivity contribution in [3.05, 3.63) is 46.3 Å². The number of carbonyl (C=O) groups is 1. The minimum absolute atomic E-state index is 0.163. The molecule has 0 unspecified atom stereocenters. The van der Waals surface area contributed by atoms with Crippen molar-refractivity contribution in [2.75, 3.05) is 6.54 Å². The Balaban J connectivity index is 1.81. The number of esters is 1. The van der Waals surface area contributed by atoms with Crippen molar-refractivity contribution in [2.24, 2.45) is 5.11 Å². The molecule has 0 bridgehead atoms. The maximum atomic E-state index is 11.7. The average Bonchev–Trinajstić information content (AvgIpc) is 2.86. The van der Waals surface area contributed by atoms with E-state index in [0.717, 1.165) is 5.56 Å². The SMILES string of the molecule is [N-]=[N+]=N[C@@H]1CN[C@H](C(=O)OCc2ccccc2)C1. The van der Waals surface area contributed by atoms with Gasteiger partial charge >= 0.3 is 5.97 Å². The molecule has 1 saturated heterocycles. The van der Waals surface area contributed by atoms with Gasteiger partial charge in [0.2, 0.25) is 0 Å². The molecule has 0 saturated carbocycles. The molecule has 1 fully saturated rings. The van der Waals surface area contributed by atoms with Crippen LogP contribution in [0.4, 0.5) is 0 Å². The number of hydrogen-bond acceptors (Lipinski definition) is 4. The van der Waals surface area contributed by atoms with Crippen molar-refractivity contribution < 1.29 is 9.53 Å². The maximum Gasteiger partial charge on any atom is 0.323 e. The second-order valence-electron chi connectivity index (χ2n) is 4.15. The highest BCUT2D eigenvalue weighted by molar-refractivity contribution is 5.76. The van der Waals surface area contributed by atoms with Gasteiger partial charge in [0.15, 0.2) is 0 Å². The van der Waals surface area contributed by atoms with E-state index in [1.807, 2.05) is 30.3 Å². The van der Waals surface area contributed by atoms with E-state index in [2.05, 4.69) is 15.3 Å². The molecule has 1 aromatic rings. The Morgan fingerprint density at radius 3 is 3.00 bits per heavy atom. The van der Waals surface area contributed by atoms with Crippen LogP contribution in [0.1, 0.15) is 12.0 Å². The van der Waals surface area contributed by atoms with Crippen molar-refractivity contribution in [3.8, 4) is 0 Å². The third-order valence-corrected chi connectivity index (χ3v) is 2.83. The van der Waals surface area contributed by atoms with Gasteiger partial charge in [0.25, 0.3) is 0 Å². The second kappa shape index (κ2) is 6.05. The molecule has 1 aliphatic rings. The molecular formula is C12H14N4O2. The van der Waals surface area contributed by atoms with Gasteiger partial charge in [-0.2, -0.15) is 0 Å². The molecule has 0 radical (unpaired) electrons. The number of nitrogens with zero attached hydrogens (tertiary/aromatic N) is 3. The van der Waals surface area contributed by atoms with Crippen LogP contribution in [0.2, 0.25) is 0 Å². The zero-order valence-corrected chi connectivity index (χ0v) is 9.82. The zero-order chi connectivity index (χ0) is 12.8. The van der Waals surface area contributed by atoms with Gasteiger partial charge in [-0.3, -0.25) is 4.79 Å². The van der Waals surface area contributed by atoms with E-state index in [-0.39, 0.29) is 24.7 Å². The molecule has 18 heavy (non-hydrogen) atoms. The molecule has 2 atom stereocenters. The average molecular weight is 246 g/mol. The Kier molecular flexibility index (Phi) is 4.17. The fourth-order valence-electron chi connectivity index (χ4n) is 1.89. The summed E-state index contributed by atoms with van der Waals surface area (Å²) >= 11 is 0. The van der Waals surface area contributed by atoms with Crippen molar-refractivity contribution in [1.29, 1.82) is 0 Å². The molecule has 2 rings (SSSR count). The highest BCUT2D eigenvalue weighted by atomic mass is 16.5. The van der Waals surface area contributed by atoms with E-state index in [1.54, 1.807) is 0 Å². The summed E-state index contributed by atoms with van der Waals surface area (Å²) in [6.45, 7) is 0.791. The van der Waals surface area contributed by atoms with E-state index in [4.69, 9.17) is 10.3 Å². The summed E-state index contributed by atoms with van der Waals surface area (Å²) in [5.41, 5.74) is 9.27. The smallest absolute Gasteiger partial charge is 0.323 e. The van der Waals surface area contributed by atoms with E-state index in [9.17, 15) is 4.79 Å². The van der Waals surface area contributed by atoms with Crippen molar-refractivity contribution in [1.82, 2.24) is 5.32 Å². The number of ether oxygens (including phenoxy) is 1. The van der Waals surface area contributed by atoms with Crippen LogP contribution in [0, 0.1) is 0 Å². The Morgan fingerprint density at radius 1 is 1.50 bits per heavy atom. The lowest BCUT2D eigenvalue weighted by Crippen LogP contribution is -2.32. The number of hydrogen-bond donors (Lipinski definition) is 1. The fraction of sp³-hybridized carbons (Fsp3) is 0.417. The van der Waals surface area contributed by atoms with Gasteiger partial charge in [-0.15, -0.1) is 0 Å². The summed E-state index contributed by atoms with van der Waals surface area (Å²) in [5, 5.41) is 6.57. The monoisotopic (exact) mass is 246 g/mol. The van der Waals surface area contributed by atoms with Gasteiger partial charge in [-0.25, -0.2) is 0 Å². The molecule has 0 spiro atoms. The predicted molar refractivity (Wildman–Crippen MR) is 65.6 cm³/mol. The predicted octanol–water partition coefficient (Wildman–Crippen LogP) is 1.77. The van der Waals surface area contributed by atoms with E-state index >= 15 is 0 Å². The van der Waals surface area contributed by atoms with Crippen molar-refractivity contribution >= 4 is 5.97 Å². The van der Waals surface area contributed by atoms with Gasteiger partial charge < -0.3 is 10.1 Å². The van der Waals surface area contributed by atoms with Crippen molar-refractivity contribution in [2.45, 2.75) is 25.1 Å². The first-order valence-corrected chi connectivity index (χ1v) is 5.78. The summed E-state index contributed by atoms with van der Waals surface area (Å²) in [5.74, 6) is -0.297. The van der Waals surface area contributed by atoms with Crippen LogP contribution in [0.15, 0.2) is 35.4 Å². The maximum absolute atomic E-state index is 11.7. The molecule has 0 amide bonds. The minimum Gasteiger partial charge on any atom is -0.460 e. The Labute approximate surface area is 105 Å². The first kappa shape index (κ1) is 12.4. The quantitative estimate of drug-likeness (QED) is 0.380. The van der Waals surface area contributed by atoms with Crippen LogP contribution in [0.25, 0.3) is 10.4 Å². The molecule has 1 heterocycles. The number of benzene rings is 1. The lowest BCUT2D eigenvalue weighted by Gasteiger charge is -2.10. The lowest BCUT2D eigenvalue weighted by molar-refractivity contribution is -0.147. The molecule has 1 aromatic carbocycles. The fourth-order valence-corrected chi connectivity index (χ4v) is 1.89. The summed E-state index contributed by atoms with van der Waals surface area (Å²) in [7, 11) is 0. The van der Waals surface area contributed by atoms with Gasteiger partial charge in [0.05, 0.1) is 6.04 Å². The summed E-state index contributed by atoms with van der Waals surface area (Å²) in [4.78, 5) is 14.5. The van der Waals surface area contributed by atoms with Gasteiger partial charge in [0.1, 0.15) is 12.6 Å². The molecule has 94 valence electrons. The Hall–Kier alpha value is -2.04. The lowest BCUT2D eigenvalue weighted by atomic mass is 10.2. The first-order chi connectivity index (χ1) is 8.79. The van der Waals surface area contributed by atoms with E-state index in [1.165, 1.54) is 0 Å². The largest absolute Gasteiger partial charge is 0.460 e. The van der Waals surface area contributed by atoms with E-state index < -0.39 is 0 Å². The normalized spacial score (nSPS) is 22.2. The second-order valence-corrected chi connectivity index (χ2v) is 4.15.